The van der Waals surface area contributed by atoms with Gasteiger partial charge in [0.1, 0.15) is 13.2 Å². The Balaban J connectivity index is 1.70. The summed E-state index contributed by atoms with van der Waals surface area (Å²) in [5, 5.41) is 6.92. The fraction of sp³-hybridized carbons (Fsp3) is 0.389. The van der Waals surface area contributed by atoms with E-state index in [2.05, 4.69) is 10.4 Å². The highest BCUT2D eigenvalue weighted by atomic mass is 16.5. The molecule has 0 spiro atoms. The molecule has 0 fully saturated rings. The van der Waals surface area contributed by atoms with E-state index in [-0.39, 0.29) is 19.1 Å². The zero-order valence-electron chi connectivity index (χ0n) is 14.3. The minimum Gasteiger partial charge on any atom is -0.460 e. The maximum Gasteiger partial charge on any atom is 0.325 e. The van der Waals surface area contributed by atoms with Crippen molar-refractivity contribution in [2.24, 2.45) is 7.05 Å². The van der Waals surface area contributed by atoms with Crippen LogP contribution in [-0.2, 0) is 34.4 Å². The van der Waals surface area contributed by atoms with Gasteiger partial charge in [-0.05, 0) is 31.4 Å². The fourth-order valence-corrected chi connectivity index (χ4v) is 2.47. The number of amides is 1. The van der Waals surface area contributed by atoms with Crippen LogP contribution in [0.3, 0.4) is 0 Å². The van der Waals surface area contributed by atoms with Crippen LogP contribution in [0.1, 0.15) is 28.9 Å². The minimum absolute atomic E-state index is 0.114. The second kappa shape index (κ2) is 8.29. The van der Waals surface area contributed by atoms with Crippen LogP contribution in [0.4, 0.5) is 0 Å². The first-order valence-corrected chi connectivity index (χ1v) is 7.92. The van der Waals surface area contributed by atoms with E-state index in [0.29, 0.717) is 12.8 Å². The molecule has 1 aromatic heterocycles. The molecule has 0 bridgehead atoms. The van der Waals surface area contributed by atoms with Gasteiger partial charge >= 0.3 is 5.97 Å². The summed E-state index contributed by atoms with van der Waals surface area (Å²) in [5.41, 5.74) is 3.99. The Morgan fingerprint density at radius 2 is 1.92 bits per heavy atom. The van der Waals surface area contributed by atoms with E-state index >= 15 is 0 Å². The summed E-state index contributed by atoms with van der Waals surface area (Å²) in [6, 6.07) is 9.42. The van der Waals surface area contributed by atoms with Crippen LogP contribution in [0.5, 0.6) is 0 Å². The van der Waals surface area contributed by atoms with Crippen molar-refractivity contribution >= 4 is 11.9 Å². The normalized spacial score (nSPS) is 10.5. The molecule has 0 aliphatic carbocycles. The predicted molar refractivity (Wildman–Crippen MR) is 90.3 cm³/mol. The van der Waals surface area contributed by atoms with Crippen LogP contribution in [0, 0.1) is 13.8 Å². The van der Waals surface area contributed by atoms with E-state index in [1.807, 2.05) is 55.9 Å². The van der Waals surface area contributed by atoms with Crippen molar-refractivity contribution in [3.8, 4) is 0 Å². The zero-order chi connectivity index (χ0) is 17.5. The van der Waals surface area contributed by atoms with Gasteiger partial charge in [0.15, 0.2) is 0 Å². The van der Waals surface area contributed by atoms with Gasteiger partial charge in [0, 0.05) is 19.2 Å². The molecule has 0 saturated heterocycles. The van der Waals surface area contributed by atoms with Gasteiger partial charge < -0.3 is 10.1 Å². The lowest BCUT2D eigenvalue weighted by molar-refractivity contribution is -0.145. The molecule has 24 heavy (non-hydrogen) atoms. The van der Waals surface area contributed by atoms with Gasteiger partial charge in [-0.15, -0.1) is 0 Å². The van der Waals surface area contributed by atoms with Crippen LogP contribution in [0.15, 0.2) is 30.3 Å². The van der Waals surface area contributed by atoms with Crippen LogP contribution in [0.2, 0.25) is 0 Å². The van der Waals surface area contributed by atoms with Crippen molar-refractivity contribution in [3.63, 3.8) is 0 Å². The second-order valence-electron chi connectivity index (χ2n) is 5.70. The lowest BCUT2D eigenvalue weighted by Gasteiger charge is -2.07. The minimum atomic E-state index is -0.444. The molecule has 1 heterocycles. The highest BCUT2D eigenvalue weighted by Crippen LogP contribution is 2.13. The van der Waals surface area contributed by atoms with Crippen LogP contribution >= 0.6 is 0 Å². The number of aromatic nitrogens is 2. The van der Waals surface area contributed by atoms with E-state index in [9.17, 15) is 9.59 Å². The van der Waals surface area contributed by atoms with E-state index in [1.54, 1.807) is 0 Å². The van der Waals surface area contributed by atoms with Gasteiger partial charge in [-0.2, -0.15) is 5.10 Å². The molecule has 128 valence electrons. The summed E-state index contributed by atoms with van der Waals surface area (Å²) in [7, 11) is 1.88. The quantitative estimate of drug-likeness (QED) is 0.787. The Hall–Kier alpha value is -2.63. The van der Waals surface area contributed by atoms with Crippen molar-refractivity contribution in [2.75, 3.05) is 6.54 Å². The van der Waals surface area contributed by atoms with Crippen molar-refractivity contribution < 1.29 is 14.3 Å². The molecule has 6 nitrogen and oxygen atoms in total. The van der Waals surface area contributed by atoms with Crippen molar-refractivity contribution in [3.05, 3.63) is 52.8 Å². The number of aryl methyl sites for hydroxylation is 2. The molecule has 0 atom stereocenters. The number of nitrogens with one attached hydrogen (secondary N) is 1. The van der Waals surface area contributed by atoms with Crippen molar-refractivity contribution in [2.45, 2.75) is 33.3 Å². The Morgan fingerprint density at radius 3 is 2.54 bits per heavy atom. The molecule has 1 amide bonds. The molecule has 1 aromatic carbocycles. The summed E-state index contributed by atoms with van der Waals surface area (Å²) in [6.07, 6.45) is 0.926. The maximum atomic E-state index is 11.9. The van der Waals surface area contributed by atoms with Crippen LogP contribution in [0.25, 0.3) is 0 Å². The Bertz CT molecular complexity index is 708. The summed E-state index contributed by atoms with van der Waals surface area (Å²) in [5.74, 6) is -0.616. The fourth-order valence-electron chi connectivity index (χ4n) is 2.47. The third kappa shape index (κ3) is 4.94. The molecule has 0 aliphatic rings. The van der Waals surface area contributed by atoms with Gasteiger partial charge in [0.2, 0.25) is 5.91 Å². The first kappa shape index (κ1) is 17.7. The highest BCUT2D eigenvalue weighted by molar-refractivity contribution is 5.82. The Kier molecular flexibility index (Phi) is 6.12. The van der Waals surface area contributed by atoms with Crippen molar-refractivity contribution in [1.29, 1.82) is 0 Å². The molecule has 2 aromatic rings. The first-order valence-electron chi connectivity index (χ1n) is 7.92. The maximum absolute atomic E-state index is 11.9. The van der Waals surface area contributed by atoms with E-state index in [1.165, 1.54) is 0 Å². The van der Waals surface area contributed by atoms with Gasteiger partial charge in [-0.25, -0.2) is 0 Å². The molecule has 6 heteroatoms. The molecule has 1 N–H and O–H groups in total. The number of hydrogen-bond acceptors (Lipinski definition) is 4. The lowest BCUT2D eigenvalue weighted by atomic mass is 10.1. The molecule has 2 rings (SSSR count). The number of nitrogens with zero attached hydrogens (tertiary/aromatic N) is 2. The number of hydrogen-bond donors (Lipinski definition) is 1. The molecule has 0 radical (unpaired) electrons. The molecule has 0 unspecified atom stereocenters. The van der Waals surface area contributed by atoms with Crippen molar-refractivity contribution in [1.82, 2.24) is 15.1 Å². The average Bonchev–Trinajstić information content (AvgIpc) is 2.82. The average molecular weight is 329 g/mol. The summed E-state index contributed by atoms with van der Waals surface area (Å²) < 4.78 is 6.92. The molecular weight excluding hydrogens is 306 g/mol. The Labute approximate surface area is 141 Å². The van der Waals surface area contributed by atoms with Crippen LogP contribution in [-0.4, -0.2) is 28.2 Å². The number of rotatable bonds is 7. The predicted octanol–water partition coefficient (Wildman–Crippen LogP) is 1.83. The SMILES string of the molecule is Cc1nn(C)c(C)c1CCC(=O)NCC(=O)OCc1ccccc1. The monoisotopic (exact) mass is 329 g/mol. The van der Waals surface area contributed by atoms with Gasteiger partial charge in [0.05, 0.1) is 5.69 Å². The largest absolute Gasteiger partial charge is 0.460 e. The summed E-state index contributed by atoms with van der Waals surface area (Å²) >= 11 is 0. The van der Waals surface area contributed by atoms with E-state index < -0.39 is 5.97 Å². The number of benzene rings is 1. The smallest absolute Gasteiger partial charge is 0.325 e. The second-order valence-corrected chi connectivity index (χ2v) is 5.70. The molecule has 0 aliphatic heterocycles. The highest BCUT2D eigenvalue weighted by Gasteiger charge is 2.12. The number of esters is 1. The number of ether oxygens (including phenoxy) is 1. The van der Waals surface area contributed by atoms with Gasteiger partial charge in [-0.1, -0.05) is 30.3 Å². The molecular formula is C18H23N3O3. The number of carbonyl (C=O) groups excluding carboxylic acids is 2. The number of carbonyl (C=O) groups is 2. The summed E-state index contributed by atoms with van der Waals surface area (Å²) in [4.78, 5) is 23.5. The topological polar surface area (TPSA) is 73.2 Å². The van der Waals surface area contributed by atoms with E-state index in [4.69, 9.17) is 4.74 Å². The standard InChI is InChI=1S/C18H23N3O3/c1-13-16(14(2)21(3)20-13)9-10-17(22)19-11-18(23)24-12-15-7-5-4-6-8-15/h4-8H,9-12H2,1-3H3,(H,19,22). The zero-order valence-corrected chi connectivity index (χ0v) is 14.3. The van der Waals surface area contributed by atoms with E-state index in [0.717, 1.165) is 22.5 Å². The summed E-state index contributed by atoms with van der Waals surface area (Å²) in [6.45, 7) is 4.01. The lowest BCUT2D eigenvalue weighted by Crippen LogP contribution is -2.30. The third-order valence-electron chi connectivity index (χ3n) is 3.93. The van der Waals surface area contributed by atoms with Gasteiger partial charge in [-0.3, -0.25) is 14.3 Å². The van der Waals surface area contributed by atoms with Gasteiger partial charge in [0.25, 0.3) is 0 Å². The molecule has 0 saturated carbocycles. The van der Waals surface area contributed by atoms with Crippen LogP contribution < -0.4 is 5.32 Å². The Morgan fingerprint density at radius 1 is 1.21 bits per heavy atom. The third-order valence-corrected chi connectivity index (χ3v) is 3.93. The first-order chi connectivity index (χ1) is 11.5.